The van der Waals surface area contributed by atoms with E-state index in [2.05, 4.69) is 0 Å². The van der Waals surface area contributed by atoms with Crippen molar-refractivity contribution >= 4 is 29.2 Å². The second kappa shape index (κ2) is 9.03. The lowest BCUT2D eigenvalue weighted by molar-refractivity contribution is -0.385. The van der Waals surface area contributed by atoms with Gasteiger partial charge in [-0.15, -0.1) is 0 Å². The van der Waals surface area contributed by atoms with Crippen molar-refractivity contribution in [3.05, 3.63) is 62.2 Å². The maximum Gasteiger partial charge on any atom is 0.416 e. The van der Waals surface area contributed by atoms with Crippen molar-refractivity contribution in [2.75, 3.05) is 6.61 Å². The van der Waals surface area contributed by atoms with Gasteiger partial charge in [-0.2, -0.15) is 13.2 Å². The van der Waals surface area contributed by atoms with Gasteiger partial charge in [0.25, 0.3) is 5.69 Å². The summed E-state index contributed by atoms with van der Waals surface area (Å²) in [7, 11) is 0. The van der Waals surface area contributed by atoms with Gasteiger partial charge in [-0.25, -0.2) is 4.79 Å². The molecule has 32 heavy (non-hydrogen) atoms. The molecule has 0 radical (unpaired) electrons. The zero-order valence-electron chi connectivity index (χ0n) is 16.1. The standard InChI is InChI=1S/C20H15ClF3NO7/c21-15-7-11(20(22,23)24)3-4-16(15)32-12-8-13(10-1-2-10)18(25(29)30)14(9-12)19(28)31-6-5-17(26)27/h3-4,7-10H,1-2,5-6H2,(H,26,27). The lowest BCUT2D eigenvalue weighted by atomic mass is 10.0. The molecule has 8 nitrogen and oxygen atoms in total. The molecule has 0 amide bonds. The van der Waals surface area contributed by atoms with Gasteiger partial charge in [-0.05, 0) is 43.0 Å². The Bertz CT molecular complexity index is 1080. The summed E-state index contributed by atoms with van der Waals surface area (Å²) < 4.78 is 48.9. The molecular formula is C20H15ClF3NO7. The van der Waals surface area contributed by atoms with Crippen LogP contribution >= 0.6 is 11.6 Å². The molecule has 0 heterocycles. The molecular weight excluding hydrogens is 459 g/mol. The molecule has 0 atom stereocenters. The fourth-order valence-corrected chi connectivity index (χ4v) is 3.17. The Morgan fingerprint density at radius 3 is 2.44 bits per heavy atom. The summed E-state index contributed by atoms with van der Waals surface area (Å²) in [5.41, 5.74) is -1.72. The van der Waals surface area contributed by atoms with E-state index >= 15 is 0 Å². The zero-order valence-corrected chi connectivity index (χ0v) is 16.9. The summed E-state index contributed by atoms with van der Waals surface area (Å²) in [4.78, 5) is 34.0. The molecule has 0 aliphatic heterocycles. The third-order valence-electron chi connectivity index (χ3n) is 4.57. The fourth-order valence-electron chi connectivity index (χ4n) is 2.95. The van der Waals surface area contributed by atoms with Gasteiger partial charge >= 0.3 is 18.1 Å². The molecule has 2 aromatic rings. The van der Waals surface area contributed by atoms with E-state index in [1.807, 2.05) is 0 Å². The van der Waals surface area contributed by atoms with Crippen LogP contribution in [0.2, 0.25) is 5.02 Å². The third-order valence-corrected chi connectivity index (χ3v) is 4.86. The second-order valence-electron chi connectivity index (χ2n) is 6.96. The van der Waals surface area contributed by atoms with E-state index in [9.17, 15) is 32.9 Å². The minimum Gasteiger partial charge on any atom is -0.481 e. The number of benzene rings is 2. The van der Waals surface area contributed by atoms with Crippen molar-refractivity contribution in [1.82, 2.24) is 0 Å². The first-order chi connectivity index (χ1) is 15.0. The molecule has 1 aliphatic carbocycles. The largest absolute Gasteiger partial charge is 0.481 e. The van der Waals surface area contributed by atoms with Crippen molar-refractivity contribution in [2.24, 2.45) is 0 Å². The number of hydrogen-bond donors (Lipinski definition) is 1. The molecule has 12 heteroatoms. The number of nitrogens with zero attached hydrogens (tertiary/aromatic N) is 1. The lowest BCUT2D eigenvalue weighted by Gasteiger charge is -2.14. The Morgan fingerprint density at radius 2 is 1.91 bits per heavy atom. The van der Waals surface area contributed by atoms with Gasteiger partial charge in [0, 0.05) is 11.6 Å². The molecule has 1 saturated carbocycles. The molecule has 170 valence electrons. The number of carbonyl (C=O) groups is 2. The highest BCUT2D eigenvalue weighted by atomic mass is 35.5. The van der Waals surface area contributed by atoms with E-state index < -0.39 is 52.9 Å². The Morgan fingerprint density at radius 1 is 1.22 bits per heavy atom. The molecule has 3 rings (SSSR count). The number of esters is 1. The van der Waals surface area contributed by atoms with Crippen LogP contribution in [0.15, 0.2) is 30.3 Å². The highest BCUT2D eigenvalue weighted by molar-refractivity contribution is 6.32. The van der Waals surface area contributed by atoms with E-state index in [-0.39, 0.29) is 28.0 Å². The molecule has 1 fully saturated rings. The Hall–Kier alpha value is -3.34. The summed E-state index contributed by atoms with van der Waals surface area (Å²) in [6.45, 7) is -0.500. The van der Waals surface area contributed by atoms with Crippen LogP contribution in [0.5, 0.6) is 11.5 Å². The summed E-state index contributed by atoms with van der Waals surface area (Å²) in [5, 5.41) is 20.0. The van der Waals surface area contributed by atoms with E-state index in [0.717, 1.165) is 18.2 Å². The maximum absolute atomic E-state index is 12.8. The number of carbonyl (C=O) groups excluding carboxylic acids is 1. The van der Waals surface area contributed by atoms with Crippen LogP contribution in [0.3, 0.4) is 0 Å². The Kier molecular flexibility index (Phi) is 6.58. The van der Waals surface area contributed by atoms with Crippen LogP contribution in [0.25, 0.3) is 0 Å². The van der Waals surface area contributed by atoms with E-state index in [1.54, 1.807) is 0 Å². The summed E-state index contributed by atoms with van der Waals surface area (Å²) >= 11 is 5.90. The molecule has 0 unspecified atom stereocenters. The minimum atomic E-state index is -4.61. The van der Waals surface area contributed by atoms with Crippen LogP contribution in [-0.4, -0.2) is 28.6 Å². The summed E-state index contributed by atoms with van der Waals surface area (Å²) in [6.07, 6.45) is -3.83. The maximum atomic E-state index is 12.8. The van der Waals surface area contributed by atoms with Crippen molar-refractivity contribution in [3.8, 4) is 11.5 Å². The number of ether oxygens (including phenoxy) is 2. The number of alkyl halides is 3. The molecule has 0 spiro atoms. The molecule has 1 aliphatic rings. The smallest absolute Gasteiger partial charge is 0.416 e. The van der Waals surface area contributed by atoms with Crippen molar-refractivity contribution in [1.29, 1.82) is 0 Å². The van der Waals surface area contributed by atoms with Crippen molar-refractivity contribution < 1.29 is 42.3 Å². The average molecular weight is 474 g/mol. The van der Waals surface area contributed by atoms with Crippen LogP contribution in [-0.2, 0) is 15.7 Å². The molecule has 0 aromatic heterocycles. The van der Waals surface area contributed by atoms with E-state index in [0.29, 0.717) is 18.9 Å². The fraction of sp³-hybridized carbons (Fsp3) is 0.300. The topological polar surface area (TPSA) is 116 Å². The van der Waals surface area contributed by atoms with Crippen LogP contribution in [0, 0.1) is 10.1 Å². The molecule has 0 saturated heterocycles. The monoisotopic (exact) mass is 473 g/mol. The summed E-state index contributed by atoms with van der Waals surface area (Å²) in [6, 6.07) is 4.77. The van der Waals surface area contributed by atoms with Crippen LogP contribution in [0.1, 0.15) is 46.7 Å². The first-order valence-electron chi connectivity index (χ1n) is 9.23. The first-order valence-corrected chi connectivity index (χ1v) is 9.61. The predicted molar refractivity (Wildman–Crippen MR) is 104 cm³/mol. The van der Waals surface area contributed by atoms with Crippen LogP contribution < -0.4 is 4.74 Å². The molecule has 0 bridgehead atoms. The Balaban J connectivity index is 1.98. The second-order valence-corrected chi connectivity index (χ2v) is 7.37. The first kappa shape index (κ1) is 23.3. The highest BCUT2D eigenvalue weighted by Gasteiger charge is 2.36. The van der Waals surface area contributed by atoms with Crippen LogP contribution in [0.4, 0.5) is 18.9 Å². The van der Waals surface area contributed by atoms with Gasteiger partial charge in [0.05, 0.1) is 21.9 Å². The number of nitro groups is 1. The van der Waals surface area contributed by atoms with Crippen molar-refractivity contribution in [3.63, 3.8) is 0 Å². The number of carboxylic acids is 1. The van der Waals surface area contributed by atoms with Gasteiger partial charge in [-0.1, -0.05) is 11.6 Å². The van der Waals surface area contributed by atoms with Gasteiger partial charge in [0.15, 0.2) is 0 Å². The van der Waals surface area contributed by atoms with E-state index in [1.165, 1.54) is 6.07 Å². The number of halogens is 4. The van der Waals surface area contributed by atoms with E-state index in [4.69, 9.17) is 26.2 Å². The minimum absolute atomic E-state index is 0.0654. The zero-order chi connectivity index (χ0) is 23.6. The number of nitro benzene ring substituents is 1. The lowest BCUT2D eigenvalue weighted by Crippen LogP contribution is -2.13. The van der Waals surface area contributed by atoms with Gasteiger partial charge < -0.3 is 14.6 Å². The van der Waals surface area contributed by atoms with Gasteiger partial charge in [0.1, 0.15) is 23.7 Å². The van der Waals surface area contributed by atoms with Gasteiger partial charge in [0.2, 0.25) is 0 Å². The van der Waals surface area contributed by atoms with Gasteiger partial charge in [-0.3, -0.25) is 14.9 Å². The van der Waals surface area contributed by atoms with Crippen molar-refractivity contribution in [2.45, 2.75) is 31.4 Å². The average Bonchev–Trinajstić information content (AvgIpc) is 3.52. The highest BCUT2D eigenvalue weighted by Crippen LogP contribution is 2.47. The molecule has 1 N–H and O–H groups in total. The molecule has 2 aromatic carbocycles. The summed E-state index contributed by atoms with van der Waals surface area (Å²) in [5.74, 6) is -2.76. The number of aliphatic carboxylic acids is 1. The normalized spacial score (nSPS) is 13.5. The third kappa shape index (κ3) is 5.47. The SMILES string of the molecule is O=C(O)CCOC(=O)c1cc(Oc2ccc(C(F)(F)F)cc2Cl)cc(C2CC2)c1[N+](=O)[O-]. The quantitative estimate of drug-likeness (QED) is 0.302. The number of rotatable bonds is 8. The number of carboxylic acid groups (broad SMARTS) is 1. The predicted octanol–water partition coefficient (Wildman–Crippen LogP) is 5.57. The Labute approximate surface area is 183 Å². The number of hydrogen-bond acceptors (Lipinski definition) is 6.